The van der Waals surface area contributed by atoms with Gasteiger partial charge in [0.25, 0.3) is 5.91 Å². The van der Waals surface area contributed by atoms with E-state index in [1.165, 1.54) is 0 Å². The number of carbonyl (C=O) groups is 1. The lowest BCUT2D eigenvalue weighted by Gasteiger charge is -2.26. The molecule has 0 unspecified atom stereocenters. The molecule has 1 heterocycles. The van der Waals surface area contributed by atoms with Crippen molar-refractivity contribution >= 4 is 16.8 Å². The molecule has 2 N–H and O–H groups in total. The first kappa shape index (κ1) is 17.7. The number of methoxy groups -OCH3 is 1. The molecule has 0 atom stereocenters. The summed E-state index contributed by atoms with van der Waals surface area (Å²) in [5, 5.41) is 13.3. The van der Waals surface area contributed by atoms with Crippen LogP contribution in [0.2, 0.25) is 0 Å². The van der Waals surface area contributed by atoms with Crippen LogP contribution in [0.3, 0.4) is 0 Å². The van der Waals surface area contributed by atoms with Gasteiger partial charge in [-0.25, -0.2) is 0 Å². The van der Waals surface area contributed by atoms with Crippen LogP contribution in [-0.4, -0.2) is 29.7 Å². The Labute approximate surface area is 152 Å². The highest BCUT2D eigenvalue weighted by molar-refractivity contribution is 6.08. The summed E-state index contributed by atoms with van der Waals surface area (Å²) in [4.78, 5) is 17.3. The van der Waals surface area contributed by atoms with Gasteiger partial charge in [-0.05, 0) is 35.9 Å². The molecule has 0 fully saturated rings. The van der Waals surface area contributed by atoms with Gasteiger partial charge in [-0.2, -0.15) is 0 Å². The lowest BCUT2D eigenvalue weighted by Crippen LogP contribution is -2.37. The van der Waals surface area contributed by atoms with Crippen LogP contribution in [0.1, 0.15) is 29.8 Å². The van der Waals surface area contributed by atoms with Crippen LogP contribution in [-0.2, 0) is 5.41 Å². The van der Waals surface area contributed by atoms with Gasteiger partial charge in [0.15, 0.2) is 0 Å². The average Bonchev–Trinajstić information content (AvgIpc) is 2.65. The highest BCUT2D eigenvalue weighted by Gasteiger charge is 2.24. The summed E-state index contributed by atoms with van der Waals surface area (Å²) >= 11 is 0. The van der Waals surface area contributed by atoms with Crippen LogP contribution >= 0.6 is 0 Å². The fourth-order valence-electron chi connectivity index (χ4n) is 2.92. The molecule has 0 aliphatic heterocycles. The van der Waals surface area contributed by atoms with E-state index in [4.69, 9.17) is 4.74 Å². The van der Waals surface area contributed by atoms with Crippen molar-refractivity contribution in [1.82, 2.24) is 10.3 Å². The number of phenolic OH excluding ortho intramolecular Hbond substituents is 1. The van der Waals surface area contributed by atoms with Crippen molar-refractivity contribution in [2.75, 3.05) is 13.7 Å². The Morgan fingerprint density at radius 1 is 1.15 bits per heavy atom. The summed E-state index contributed by atoms with van der Waals surface area (Å²) in [5.74, 6) is 0.495. The maximum absolute atomic E-state index is 12.9. The molecule has 0 spiro atoms. The van der Waals surface area contributed by atoms with Crippen LogP contribution < -0.4 is 10.1 Å². The number of pyridine rings is 1. The minimum Gasteiger partial charge on any atom is -0.508 e. The molecule has 1 aromatic heterocycles. The Bertz CT molecular complexity index is 934. The van der Waals surface area contributed by atoms with E-state index in [1.807, 2.05) is 44.2 Å². The van der Waals surface area contributed by atoms with Gasteiger partial charge in [0.1, 0.15) is 17.1 Å². The normalized spacial score (nSPS) is 11.3. The lowest BCUT2D eigenvalue weighted by atomic mass is 9.84. The Morgan fingerprint density at radius 3 is 2.58 bits per heavy atom. The quantitative estimate of drug-likeness (QED) is 0.737. The van der Waals surface area contributed by atoms with E-state index >= 15 is 0 Å². The van der Waals surface area contributed by atoms with Crippen molar-refractivity contribution in [3.05, 3.63) is 65.9 Å². The fraction of sp³-hybridized carbons (Fsp3) is 0.238. The average molecular weight is 350 g/mol. The summed E-state index contributed by atoms with van der Waals surface area (Å²) in [6.07, 6.45) is 1.67. The van der Waals surface area contributed by atoms with Gasteiger partial charge in [0.2, 0.25) is 0 Å². The Kier molecular flexibility index (Phi) is 4.80. The minimum absolute atomic E-state index is 0.222. The van der Waals surface area contributed by atoms with Crippen LogP contribution in [0.15, 0.2) is 54.7 Å². The number of nitrogens with one attached hydrogen (secondary N) is 1. The number of hydrogen-bond acceptors (Lipinski definition) is 4. The number of aromatic nitrogens is 1. The summed E-state index contributed by atoms with van der Waals surface area (Å²) in [7, 11) is 1.54. The number of rotatable bonds is 5. The molecule has 3 aromatic rings. The van der Waals surface area contributed by atoms with Gasteiger partial charge in [-0.15, -0.1) is 0 Å². The second-order valence-electron chi connectivity index (χ2n) is 6.83. The van der Waals surface area contributed by atoms with Crippen LogP contribution in [0.25, 0.3) is 10.9 Å². The highest BCUT2D eigenvalue weighted by Crippen LogP contribution is 2.28. The third-order valence-electron chi connectivity index (χ3n) is 4.52. The molecule has 0 saturated carbocycles. The van der Waals surface area contributed by atoms with E-state index in [0.717, 1.165) is 10.9 Å². The van der Waals surface area contributed by atoms with Gasteiger partial charge in [-0.1, -0.05) is 32.0 Å². The highest BCUT2D eigenvalue weighted by atomic mass is 16.5. The maximum atomic E-state index is 12.9. The first-order valence-corrected chi connectivity index (χ1v) is 8.42. The largest absolute Gasteiger partial charge is 0.508 e. The number of nitrogens with zero attached hydrogens (tertiary/aromatic N) is 1. The maximum Gasteiger partial charge on any atom is 0.257 e. The van der Waals surface area contributed by atoms with E-state index in [-0.39, 0.29) is 17.1 Å². The molecule has 3 rings (SSSR count). The second kappa shape index (κ2) is 7.04. The number of ether oxygens (including phenoxy) is 1. The smallest absolute Gasteiger partial charge is 0.257 e. The summed E-state index contributed by atoms with van der Waals surface area (Å²) in [5.41, 5.74) is 1.78. The molecule has 0 saturated heterocycles. The number of carbonyl (C=O) groups excluding carboxylic acids is 1. The minimum atomic E-state index is -0.297. The third-order valence-corrected chi connectivity index (χ3v) is 4.52. The number of amides is 1. The SMILES string of the molecule is COc1ccc2cccnc2c1C(=O)NCC(C)(C)c1ccc(O)cc1. The molecule has 5 heteroatoms. The van der Waals surface area contributed by atoms with E-state index in [0.29, 0.717) is 23.4 Å². The third kappa shape index (κ3) is 3.47. The van der Waals surface area contributed by atoms with Crippen molar-refractivity contribution in [2.45, 2.75) is 19.3 Å². The summed E-state index contributed by atoms with van der Waals surface area (Å²) in [6.45, 7) is 4.51. The van der Waals surface area contributed by atoms with Crippen molar-refractivity contribution in [1.29, 1.82) is 0 Å². The summed E-state index contributed by atoms with van der Waals surface area (Å²) in [6, 6.07) is 14.4. The standard InChI is InChI=1S/C21H22N2O3/c1-21(2,15-7-9-16(24)10-8-15)13-23-20(25)18-17(26-3)11-6-14-5-4-12-22-19(14)18/h4-12,24H,13H2,1-3H3,(H,23,25). The van der Waals surface area contributed by atoms with E-state index in [2.05, 4.69) is 10.3 Å². The van der Waals surface area contributed by atoms with Crippen LogP contribution in [0, 0.1) is 0 Å². The first-order valence-electron chi connectivity index (χ1n) is 8.42. The molecule has 134 valence electrons. The van der Waals surface area contributed by atoms with Gasteiger partial charge in [0, 0.05) is 23.5 Å². The van der Waals surface area contributed by atoms with Gasteiger partial charge in [0.05, 0.1) is 12.6 Å². The van der Waals surface area contributed by atoms with Crippen LogP contribution in [0.4, 0.5) is 0 Å². The Hall–Kier alpha value is -3.08. The number of fused-ring (bicyclic) bond motifs is 1. The van der Waals surface area contributed by atoms with Crippen molar-refractivity contribution in [3.63, 3.8) is 0 Å². The molecule has 0 radical (unpaired) electrons. The second-order valence-corrected chi connectivity index (χ2v) is 6.83. The van der Waals surface area contributed by atoms with E-state index < -0.39 is 0 Å². The Balaban J connectivity index is 1.86. The van der Waals surface area contributed by atoms with Crippen LogP contribution in [0.5, 0.6) is 11.5 Å². The van der Waals surface area contributed by atoms with E-state index in [9.17, 15) is 9.90 Å². The molecule has 2 aromatic carbocycles. The molecule has 0 aliphatic rings. The van der Waals surface area contributed by atoms with Gasteiger partial charge >= 0.3 is 0 Å². The molecule has 5 nitrogen and oxygen atoms in total. The van der Waals surface area contributed by atoms with E-state index in [1.54, 1.807) is 31.5 Å². The van der Waals surface area contributed by atoms with Crippen molar-refractivity contribution < 1.29 is 14.6 Å². The molecular weight excluding hydrogens is 328 g/mol. The van der Waals surface area contributed by atoms with Crippen molar-refractivity contribution in [2.24, 2.45) is 0 Å². The zero-order valence-corrected chi connectivity index (χ0v) is 15.1. The molecule has 0 bridgehead atoms. The first-order chi connectivity index (χ1) is 12.4. The fourth-order valence-corrected chi connectivity index (χ4v) is 2.92. The number of benzene rings is 2. The number of aromatic hydroxyl groups is 1. The predicted molar refractivity (Wildman–Crippen MR) is 102 cm³/mol. The zero-order chi connectivity index (χ0) is 18.7. The summed E-state index contributed by atoms with van der Waals surface area (Å²) < 4.78 is 5.38. The number of phenols is 1. The zero-order valence-electron chi connectivity index (χ0n) is 15.1. The molecule has 26 heavy (non-hydrogen) atoms. The van der Waals surface area contributed by atoms with Crippen molar-refractivity contribution in [3.8, 4) is 11.5 Å². The molecule has 0 aliphatic carbocycles. The topological polar surface area (TPSA) is 71.5 Å². The molecular formula is C21H22N2O3. The molecule has 1 amide bonds. The van der Waals surface area contributed by atoms with Gasteiger partial charge < -0.3 is 15.2 Å². The lowest BCUT2D eigenvalue weighted by molar-refractivity contribution is 0.0944. The van der Waals surface area contributed by atoms with Gasteiger partial charge in [-0.3, -0.25) is 9.78 Å². The number of hydrogen-bond donors (Lipinski definition) is 2. The predicted octanol–water partition coefficient (Wildman–Crippen LogP) is 3.66. The monoisotopic (exact) mass is 350 g/mol. The Morgan fingerprint density at radius 2 is 1.88 bits per heavy atom.